The average Bonchev–Trinajstić information content (AvgIpc) is 2.74. The van der Waals surface area contributed by atoms with E-state index >= 15 is 0 Å². The van der Waals surface area contributed by atoms with Crippen LogP contribution in [0.25, 0.3) is 27.9 Å². The van der Waals surface area contributed by atoms with E-state index in [2.05, 4.69) is 15.0 Å². The number of nitrogens with zero attached hydrogens (tertiary/aromatic N) is 2. The minimum absolute atomic E-state index is 0.197. The standard InChI is InChI=1S/C21H15ClN4O4/c1-30-16-6-12(5-14(22)8-16)17-7-13(18-10-24-21(29)25-19(18)27)11-26(20(17)28)15-3-2-4-23-9-15/h2-11H,1H3,(H2,24,25,27,29). The van der Waals surface area contributed by atoms with Gasteiger partial charge in [0.2, 0.25) is 0 Å². The van der Waals surface area contributed by atoms with Crippen LogP contribution in [-0.4, -0.2) is 26.6 Å². The third-order valence-electron chi connectivity index (χ3n) is 4.49. The largest absolute Gasteiger partial charge is 0.497 e. The van der Waals surface area contributed by atoms with Gasteiger partial charge in [-0.1, -0.05) is 11.6 Å². The van der Waals surface area contributed by atoms with Crippen molar-refractivity contribution in [2.24, 2.45) is 0 Å². The van der Waals surface area contributed by atoms with E-state index in [1.54, 1.807) is 42.6 Å². The lowest BCUT2D eigenvalue weighted by molar-refractivity contribution is 0.415. The van der Waals surface area contributed by atoms with E-state index in [9.17, 15) is 14.4 Å². The molecule has 0 spiro atoms. The van der Waals surface area contributed by atoms with Crippen molar-refractivity contribution in [2.45, 2.75) is 0 Å². The van der Waals surface area contributed by atoms with Gasteiger partial charge in [0.05, 0.1) is 24.6 Å². The molecule has 30 heavy (non-hydrogen) atoms. The first-order valence-electron chi connectivity index (χ1n) is 8.80. The SMILES string of the molecule is COc1cc(Cl)cc(-c2cc(-c3c[nH]c(=O)[nH]c3=O)cn(-c3cccnc3)c2=O)c1. The molecule has 0 radical (unpaired) electrons. The molecule has 4 aromatic rings. The van der Waals surface area contributed by atoms with Crippen molar-refractivity contribution in [2.75, 3.05) is 7.11 Å². The summed E-state index contributed by atoms with van der Waals surface area (Å²) in [6, 6.07) is 9.93. The maximum absolute atomic E-state index is 13.3. The normalized spacial score (nSPS) is 10.7. The Morgan fingerprint density at radius 1 is 1.07 bits per heavy atom. The van der Waals surface area contributed by atoms with Crippen LogP contribution < -0.4 is 21.5 Å². The summed E-state index contributed by atoms with van der Waals surface area (Å²) in [7, 11) is 1.50. The molecule has 9 heteroatoms. The van der Waals surface area contributed by atoms with E-state index in [-0.39, 0.29) is 11.1 Å². The highest BCUT2D eigenvalue weighted by molar-refractivity contribution is 6.31. The molecular formula is C21H15ClN4O4. The van der Waals surface area contributed by atoms with Crippen LogP contribution in [0.5, 0.6) is 5.75 Å². The van der Waals surface area contributed by atoms with Gasteiger partial charge in [-0.2, -0.15) is 0 Å². The highest BCUT2D eigenvalue weighted by atomic mass is 35.5. The lowest BCUT2D eigenvalue weighted by Crippen LogP contribution is -2.24. The average molecular weight is 423 g/mol. The third-order valence-corrected chi connectivity index (χ3v) is 4.71. The van der Waals surface area contributed by atoms with Crippen LogP contribution in [0.15, 0.2) is 75.6 Å². The van der Waals surface area contributed by atoms with Crippen LogP contribution >= 0.6 is 11.6 Å². The summed E-state index contributed by atoms with van der Waals surface area (Å²) >= 11 is 6.19. The third kappa shape index (κ3) is 3.68. The number of hydrogen-bond donors (Lipinski definition) is 2. The Morgan fingerprint density at radius 3 is 2.60 bits per heavy atom. The fourth-order valence-corrected chi connectivity index (χ4v) is 3.31. The Labute approximate surface area is 174 Å². The Bertz CT molecular complexity index is 1410. The number of ether oxygens (including phenoxy) is 1. The van der Waals surface area contributed by atoms with Crippen molar-refractivity contribution in [1.82, 2.24) is 19.5 Å². The molecule has 2 N–H and O–H groups in total. The first-order chi connectivity index (χ1) is 14.5. The number of aromatic nitrogens is 4. The number of rotatable bonds is 4. The molecule has 0 aliphatic heterocycles. The van der Waals surface area contributed by atoms with Gasteiger partial charge in [-0.3, -0.25) is 24.1 Å². The zero-order valence-electron chi connectivity index (χ0n) is 15.7. The van der Waals surface area contributed by atoms with Gasteiger partial charge in [0.1, 0.15) is 5.75 Å². The van der Waals surface area contributed by atoms with Crippen LogP contribution in [0.2, 0.25) is 5.02 Å². The summed E-state index contributed by atoms with van der Waals surface area (Å²) in [4.78, 5) is 45.8. The number of halogens is 1. The molecule has 0 aliphatic rings. The minimum Gasteiger partial charge on any atom is -0.497 e. The molecule has 3 heterocycles. The van der Waals surface area contributed by atoms with Crippen LogP contribution in [0.1, 0.15) is 0 Å². The predicted octanol–water partition coefficient (Wildman–Crippen LogP) is 2.61. The first kappa shape index (κ1) is 19.4. The number of aromatic amines is 2. The van der Waals surface area contributed by atoms with Crippen LogP contribution in [0, 0.1) is 0 Å². The quantitative estimate of drug-likeness (QED) is 0.525. The second kappa shape index (κ2) is 7.84. The van der Waals surface area contributed by atoms with Gasteiger partial charge in [0.15, 0.2) is 0 Å². The zero-order valence-corrected chi connectivity index (χ0v) is 16.4. The van der Waals surface area contributed by atoms with Gasteiger partial charge in [-0.25, -0.2) is 4.79 Å². The summed E-state index contributed by atoms with van der Waals surface area (Å²) in [5, 5.41) is 0.393. The molecule has 8 nitrogen and oxygen atoms in total. The van der Waals surface area contributed by atoms with E-state index in [0.717, 1.165) is 0 Å². The van der Waals surface area contributed by atoms with Gasteiger partial charge in [-0.15, -0.1) is 0 Å². The van der Waals surface area contributed by atoms with Gasteiger partial charge in [0.25, 0.3) is 11.1 Å². The lowest BCUT2D eigenvalue weighted by Gasteiger charge is -2.13. The van der Waals surface area contributed by atoms with Crippen LogP contribution in [-0.2, 0) is 0 Å². The van der Waals surface area contributed by atoms with Crippen LogP contribution in [0.4, 0.5) is 0 Å². The number of nitrogens with one attached hydrogen (secondary N) is 2. The van der Waals surface area contributed by atoms with Crippen molar-refractivity contribution in [1.29, 1.82) is 0 Å². The molecule has 1 aromatic carbocycles. The van der Waals surface area contributed by atoms with E-state index in [1.807, 2.05) is 0 Å². The van der Waals surface area contributed by atoms with Crippen molar-refractivity contribution in [3.8, 4) is 33.7 Å². The Morgan fingerprint density at radius 2 is 1.90 bits per heavy atom. The van der Waals surface area contributed by atoms with Gasteiger partial charge in [-0.05, 0) is 42.0 Å². The molecule has 0 bridgehead atoms. The highest BCUT2D eigenvalue weighted by Crippen LogP contribution is 2.29. The summed E-state index contributed by atoms with van der Waals surface area (Å²) < 4.78 is 6.65. The van der Waals surface area contributed by atoms with Crippen molar-refractivity contribution < 1.29 is 4.74 Å². The molecule has 0 amide bonds. The maximum Gasteiger partial charge on any atom is 0.325 e. The summed E-state index contributed by atoms with van der Waals surface area (Å²) in [5.41, 5.74) is 0.408. The molecule has 4 rings (SSSR count). The Hall–Kier alpha value is -3.91. The number of H-pyrrole nitrogens is 2. The smallest absolute Gasteiger partial charge is 0.325 e. The molecule has 0 atom stereocenters. The summed E-state index contributed by atoms with van der Waals surface area (Å²) in [5.74, 6) is 0.483. The van der Waals surface area contributed by atoms with E-state index in [0.29, 0.717) is 33.1 Å². The summed E-state index contributed by atoms with van der Waals surface area (Å²) in [6.45, 7) is 0. The number of methoxy groups -OCH3 is 1. The molecule has 3 aromatic heterocycles. The van der Waals surface area contributed by atoms with E-state index < -0.39 is 11.2 Å². The monoisotopic (exact) mass is 422 g/mol. The zero-order chi connectivity index (χ0) is 21.3. The first-order valence-corrected chi connectivity index (χ1v) is 9.18. The maximum atomic E-state index is 13.3. The van der Waals surface area contributed by atoms with E-state index in [1.165, 1.54) is 30.3 Å². The number of hydrogen-bond acceptors (Lipinski definition) is 5. The Balaban J connectivity index is 2.05. The fourth-order valence-electron chi connectivity index (χ4n) is 3.08. The number of pyridine rings is 2. The highest BCUT2D eigenvalue weighted by Gasteiger charge is 2.15. The van der Waals surface area contributed by atoms with Crippen molar-refractivity contribution in [3.63, 3.8) is 0 Å². The minimum atomic E-state index is -0.621. The molecule has 0 unspecified atom stereocenters. The van der Waals surface area contributed by atoms with Crippen LogP contribution in [0.3, 0.4) is 0 Å². The number of benzene rings is 1. The van der Waals surface area contributed by atoms with Gasteiger partial charge >= 0.3 is 5.69 Å². The summed E-state index contributed by atoms with van der Waals surface area (Å²) in [6.07, 6.45) is 5.95. The van der Waals surface area contributed by atoms with Gasteiger partial charge < -0.3 is 9.72 Å². The molecule has 0 aliphatic carbocycles. The Kier molecular flexibility index (Phi) is 5.07. The topological polar surface area (TPSA) is 110 Å². The second-order valence-electron chi connectivity index (χ2n) is 6.39. The predicted molar refractivity (Wildman–Crippen MR) is 114 cm³/mol. The lowest BCUT2D eigenvalue weighted by atomic mass is 10.0. The molecule has 0 saturated carbocycles. The second-order valence-corrected chi connectivity index (χ2v) is 6.83. The molecule has 0 saturated heterocycles. The van der Waals surface area contributed by atoms with E-state index in [4.69, 9.17) is 16.3 Å². The molecular weight excluding hydrogens is 408 g/mol. The van der Waals surface area contributed by atoms with Gasteiger partial charge in [0, 0.05) is 34.7 Å². The fraction of sp³-hybridized carbons (Fsp3) is 0.0476. The molecule has 150 valence electrons. The molecule has 0 fully saturated rings. The van der Waals surface area contributed by atoms with Crippen molar-refractivity contribution >= 4 is 11.6 Å². The van der Waals surface area contributed by atoms with Crippen molar-refractivity contribution in [3.05, 3.63) is 97.4 Å².